The number of piperazine rings is 1. The molecule has 1 fully saturated rings. The number of hydrogen-bond acceptors (Lipinski definition) is 4. The topological polar surface area (TPSA) is 95.7 Å². The van der Waals surface area contributed by atoms with Gasteiger partial charge in [0.2, 0.25) is 17.7 Å². The summed E-state index contributed by atoms with van der Waals surface area (Å²) in [6.07, 6.45) is 0.379. The smallest absolute Gasteiger partial charge is 0.242 e. The molecule has 0 aliphatic carbocycles. The molecule has 2 rings (SSSR count). The van der Waals surface area contributed by atoms with Gasteiger partial charge in [0.05, 0.1) is 19.0 Å². The van der Waals surface area contributed by atoms with Gasteiger partial charge in [0.25, 0.3) is 0 Å². The maximum Gasteiger partial charge on any atom is 0.242 e. The second-order valence-electron chi connectivity index (χ2n) is 7.35. The minimum atomic E-state index is -0.617. The summed E-state index contributed by atoms with van der Waals surface area (Å²) in [5.41, 5.74) is 7.91. The third kappa shape index (κ3) is 6.49. The molecule has 1 heterocycles. The molecular formula is C20H31ClN4O3. The Balaban J connectivity index is 0.00000392. The van der Waals surface area contributed by atoms with Gasteiger partial charge in [-0.3, -0.25) is 14.4 Å². The SMILES string of the molecule is Cc1ccccc1CC(=O)N1CCN(C(=O)CNC(=O)[C@@H](N)C(C)C)CC1.Cl. The molecule has 28 heavy (non-hydrogen) atoms. The Hall–Kier alpha value is -2.12. The molecule has 8 heteroatoms. The Morgan fingerprint density at radius 2 is 1.57 bits per heavy atom. The summed E-state index contributed by atoms with van der Waals surface area (Å²) in [4.78, 5) is 40.1. The van der Waals surface area contributed by atoms with Gasteiger partial charge in [0, 0.05) is 26.2 Å². The Morgan fingerprint density at radius 3 is 2.11 bits per heavy atom. The quantitative estimate of drug-likeness (QED) is 0.722. The number of halogens is 1. The molecule has 1 aromatic rings. The number of nitrogens with zero attached hydrogens (tertiary/aromatic N) is 2. The molecule has 0 spiro atoms. The average molecular weight is 411 g/mol. The number of nitrogens with two attached hydrogens (primary N) is 1. The molecule has 0 bridgehead atoms. The summed E-state index contributed by atoms with van der Waals surface area (Å²) >= 11 is 0. The molecule has 1 aliphatic heterocycles. The van der Waals surface area contributed by atoms with Gasteiger partial charge in [-0.05, 0) is 24.0 Å². The normalized spacial score (nSPS) is 15.0. The summed E-state index contributed by atoms with van der Waals surface area (Å²) in [7, 11) is 0. The van der Waals surface area contributed by atoms with E-state index in [0.29, 0.717) is 32.6 Å². The summed E-state index contributed by atoms with van der Waals surface area (Å²) in [5, 5.41) is 2.60. The zero-order valence-corrected chi connectivity index (χ0v) is 17.6. The monoisotopic (exact) mass is 410 g/mol. The lowest BCUT2D eigenvalue weighted by atomic mass is 10.1. The number of rotatable bonds is 6. The van der Waals surface area contributed by atoms with Crippen molar-refractivity contribution in [3.8, 4) is 0 Å². The van der Waals surface area contributed by atoms with Crippen molar-refractivity contribution >= 4 is 30.1 Å². The minimum Gasteiger partial charge on any atom is -0.346 e. The van der Waals surface area contributed by atoms with E-state index in [0.717, 1.165) is 11.1 Å². The first kappa shape index (κ1) is 23.9. The van der Waals surface area contributed by atoms with E-state index in [2.05, 4.69) is 5.32 Å². The van der Waals surface area contributed by atoms with Crippen molar-refractivity contribution in [1.29, 1.82) is 0 Å². The van der Waals surface area contributed by atoms with Gasteiger partial charge >= 0.3 is 0 Å². The van der Waals surface area contributed by atoms with Crippen LogP contribution < -0.4 is 11.1 Å². The molecule has 0 unspecified atom stereocenters. The van der Waals surface area contributed by atoms with Gasteiger partial charge in [-0.1, -0.05) is 38.1 Å². The van der Waals surface area contributed by atoms with Crippen LogP contribution in [0, 0.1) is 12.8 Å². The highest BCUT2D eigenvalue weighted by Gasteiger charge is 2.25. The predicted molar refractivity (Wildman–Crippen MR) is 111 cm³/mol. The predicted octanol–water partition coefficient (Wildman–Crippen LogP) is 0.730. The molecule has 3 amide bonds. The molecule has 7 nitrogen and oxygen atoms in total. The minimum absolute atomic E-state index is 0. The highest BCUT2D eigenvalue weighted by Crippen LogP contribution is 2.11. The summed E-state index contributed by atoms with van der Waals surface area (Å²) in [5.74, 6) is -0.369. The second-order valence-corrected chi connectivity index (χ2v) is 7.35. The van der Waals surface area contributed by atoms with Crippen LogP contribution in [0.1, 0.15) is 25.0 Å². The molecule has 0 aromatic heterocycles. The Bertz CT molecular complexity index is 688. The fraction of sp³-hybridized carbons (Fsp3) is 0.550. The van der Waals surface area contributed by atoms with E-state index in [1.54, 1.807) is 9.80 Å². The molecule has 1 aliphatic rings. The number of nitrogens with one attached hydrogen (secondary N) is 1. The van der Waals surface area contributed by atoms with Gasteiger partial charge in [-0.15, -0.1) is 12.4 Å². The van der Waals surface area contributed by atoms with Crippen LogP contribution in [0.4, 0.5) is 0 Å². The first-order chi connectivity index (χ1) is 12.8. The van der Waals surface area contributed by atoms with E-state index in [1.165, 1.54) is 0 Å². The first-order valence-corrected chi connectivity index (χ1v) is 9.43. The summed E-state index contributed by atoms with van der Waals surface area (Å²) in [6, 6.07) is 7.25. The number of carbonyl (C=O) groups excluding carboxylic acids is 3. The van der Waals surface area contributed by atoms with Gasteiger partial charge < -0.3 is 20.9 Å². The fourth-order valence-corrected chi connectivity index (χ4v) is 2.98. The van der Waals surface area contributed by atoms with Gasteiger partial charge in [0.15, 0.2) is 0 Å². The van der Waals surface area contributed by atoms with Crippen LogP contribution >= 0.6 is 12.4 Å². The van der Waals surface area contributed by atoms with Crippen molar-refractivity contribution in [1.82, 2.24) is 15.1 Å². The molecule has 1 aromatic carbocycles. The molecule has 0 saturated carbocycles. The number of carbonyl (C=O) groups is 3. The van der Waals surface area contributed by atoms with Crippen LogP contribution in [0.2, 0.25) is 0 Å². The van der Waals surface area contributed by atoms with Crippen molar-refractivity contribution in [3.63, 3.8) is 0 Å². The Labute approximate surface area is 173 Å². The van der Waals surface area contributed by atoms with Crippen LogP contribution in [0.15, 0.2) is 24.3 Å². The number of amides is 3. The zero-order chi connectivity index (χ0) is 20.0. The average Bonchev–Trinajstić information content (AvgIpc) is 2.66. The standard InChI is InChI=1S/C20H30N4O3.ClH/c1-14(2)19(21)20(27)22-13-18(26)24-10-8-23(9-11-24)17(25)12-16-7-5-4-6-15(16)3;/h4-7,14,19H,8-13,21H2,1-3H3,(H,22,27);1H/t19-;/m0./s1. The number of benzene rings is 1. The molecule has 1 saturated heterocycles. The van der Waals surface area contributed by atoms with Crippen LogP contribution in [-0.4, -0.2) is 66.3 Å². The lowest BCUT2D eigenvalue weighted by Gasteiger charge is -2.35. The van der Waals surface area contributed by atoms with E-state index in [4.69, 9.17) is 5.73 Å². The largest absolute Gasteiger partial charge is 0.346 e. The lowest BCUT2D eigenvalue weighted by molar-refractivity contribution is -0.139. The van der Waals surface area contributed by atoms with Crippen molar-refractivity contribution < 1.29 is 14.4 Å². The van der Waals surface area contributed by atoms with Crippen molar-refractivity contribution in [2.45, 2.75) is 33.2 Å². The fourth-order valence-electron chi connectivity index (χ4n) is 2.98. The van der Waals surface area contributed by atoms with Crippen LogP contribution in [0.3, 0.4) is 0 Å². The van der Waals surface area contributed by atoms with E-state index >= 15 is 0 Å². The number of hydrogen-bond donors (Lipinski definition) is 2. The molecule has 3 N–H and O–H groups in total. The summed E-state index contributed by atoms with van der Waals surface area (Å²) in [6.45, 7) is 7.63. The van der Waals surface area contributed by atoms with Crippen LogP contribution in [-0.2, 0) is 20.8 Å². The van der Waals surface area contributed by atoms with Crippen molar-refractivity contribution in [3.05, 3.63) is 35.4 Å². The van der Waals surface area contributed by atoms with Crippen LogP contribution in [0.5, 0.6) is 0 Å². The van der Waals surface area contributed by atoms with Crippen LogP contribution in [0.25, 0.3) is 0 Å². The molecule has 156 valence electrons. The Morgan fingerprint density at radius 1 is 1.04 bits per heavy atom. The van der Waals surface area contributed by atoms with E-state index in [-0.39, 0.29) is 42.6 Å². The lowest BCUT2D eigenvalue weighted by Crippen LogP contribution is -2.54. The van der Waals surface area contributed by atoms with E-state index in [9.17, 15) is 14.4 Å². The molecule has 0 radical (unpaired) electrons. The van der Waals surface area contributed by atoms with Gasteiger partial charge in [-0.2, -0.15) is 0 Å². The molecular weight excluding hydrogens is 380 g/mol. The highest BCUT2D eigenvalue weighted by atomic mass is 35.5. The van der Waals surface area contributed by atoms with Gasteiger partial charge in [-0.25, -0.2) is 0 Å². The summed E-state index contributed by atoms with van der Waals surface area (Å²) < 4.78 is 0. The zero-order valence-electron chi connectivity index (χ0n) is 16.8. The number of aryl methyl sites for hydroxylation is 1. The van der Waals surface area contributed by atoms with E-state index in [1.807, 2.05) is 45.0 Å². The maximum atomic E-state index is 12.5. The second kappa shape index (κ2) is 11.0. The first-order valence-electron chi connectivity index (χ1n) is 9.43. The molecule has 1 atom stereocenters. The van der Waals surface area contributed by atoms with E-state index < -0.39 is 6.04 Å². The third-order valence-electron chi connectivity index (χ3n) is 5.02. The third-order valence-corrected chi connectivity index (χ3v) is 5.02. The van der Waals surface area contributed by atoms with Crippen molar-refractivity contribution in [2.24, 2.45) is 11.7 Å². The Kier molecular flexibility index (Phi) is 9.41. The van der Waals surface area contributed by atoms with Crippen molar-refractivity contribution in [2.75, 3.05) is 32.7 Å². The van der Waals surface area contributed by atoms with Gasteiger partial charge in [0.1, 0.15) is 0 Å². The maximum absolute atomic E-state index is 12.5. The highest BCUT2D eigenvalue weighted by molar-refractivity contribution is 5.87.